The van der Waals surface area contributed by atoms with Gasteiger partial charge in [0.1, 0.15) is 12.4 Å². The molecule has 3 aromatic rings. The number of ether oxygens (including phenoxy) is 1. The summed E-state index contributed by atoms with van der Waals surface area (Å²) >= 11 is 17.9. The minimum atomic E-state index is -0.482. The van der Waals surface area contributed by atoms with Crippen LogP contribution in [-0.2, 0) is 16.2 Å². The molecule has 0 radical (unpaired) electrons. The number of benzene rings is 3. The monoisotopic (exact) mass is 503 g/mol. The van der Waals surface area contributed by atoms with E-state index in [9.17, 15) is 9.59 Å². The quantitative estimate of drug-likeness (QED) is 0.404. The lowest BCUT2D eigenvalue weighted by Gasteiger charge is -2.18. The molecule has 0 aromatic heterocycles. The summed E-state index contributed by atoms with van der Waals surface area (Å²) in [5, 5.41) is 1.52. The highest BCUT2D eigenvalue weighted by atomic mass is 35.5. The van der Waals surface area contributed by atoms with Crippen LogP contribution in [0, 0.1) is 5.92 Å². The second-order valence-electron chi connectivity index (χ2n) is 7.53. The number of anilines is 2. The summed E-state index contributed by atoms with van der Waals surface area (Å²) in [5.41, 5.74) is 7.76. The molecular formula is C24H20Cl3N3O3. The van der Waals surface area contributed by atoms with Crippen LogP contribution in [0.25, 0.3) is 0 Å². The van der Waals surface area contributed by atoms with Gasteiger partial charge in [-0.1, -0.05) is 53.0 Å². The van der Waals surface area contributed by atoms with Gasteiger partial charge in [-0.3, -0.25) is 20.4 Å². The zero-order chi connectivity index (χ0) is 23.4. The number of nitrogens with zero attached hydrogens (tertiary/aromatic N) is 1. The minimum absolute atomic E-state index is 0.108. The molecule has 0 unspecified atom stereocenters. The van der Waals surface area contributed by atoms with Crippen LogP contribution in [0.5, 0.6) is 5.75 Å². The molecular weight excluding hydrogens is 485 g/mol. The molecule has 1 fully saturated rings. The van der Waals surface area contributed by atoms with Crippen molar-refractivity contribution in [1.82, 2.24) is 5.43 Å². The Kier molecular flexibility index (Phi) is 7.28. The fourth-order valence-corrected chi connectivity index (χ4v) is 3.92. The summed E-state index contributed by atoms with van der Waals surface area (Å²) in [6.45, 7) is 0.570. The highest BCUT2D eigenvalue weighted by Gasteiger charge is 2.35. The third-order valence-electron chi connectivity index (χ3n) is 5.22. The van der Waals surface area contributed by atoms with Gasteiger partial charge in [0.2, 0.25) is 11.8 Å². The maximum atomic E-state index is 12.7. The van der Waals surface area contributed by atoms with E-state index >= 15 is 0 Å². The summed E-state index contributed by atoms with van der Waals surface area (Å²) in [4.78, 5) is 26.7. The molecule has 1 saturated heterocycles. The van der Waals surface area contributed by atoms with E-state index in [-0.39, 0.29) is 24.8 Å². The second-order valence-corrected chi connectivity index (χ2v) is 8.78. The van der Waals surface area contributed by atoms with Gasteiger partial charge in [0.15, 0.2) is 0 Å². The van der Waals surface area contributed by atoms with E-state index in [0.29, 0.717) is 38.7 Å². The molecule has 4 rings (SSSR count). The Morgan fingerprint density at radius 3 is 2.52 bits per heavy atom. The van der Waals surface area contributed by atoms with Crippen LogP contribution >= 0.6 is 34.8 Å². The normalized spacial score (nSPS) is 15.4. The lowest BCUT2D eigenvalue weighted by Crippen LogP contribution is -2.36. The summed E-state index contributed by atoms with van der Waals surface area (Å²) in [5.74, 6) is -0.318. The zero-order valence-electron chi connectivity index (χ0n) is 17.4. The van der Waals surface area contributed by atoms with Crippen molar-refractivity contribution >= 4 is 58.0 Å². The van der Waals surface area contributed by atoms with E-state index in [1.807, 2.05) is 18.2 Å². The predicted octanol–water partition coefficient (Wildman–Crippen LogP) is 5.72. The third-order valence-corrected chi connectivity index (χ3v) is 6.21. The maximum absolute atomic E-state index is 12.7. The first-order valence-corrected chi connectivity index (χ1v) is 11.3. The number of nitrogens with one attached hydrogen (secondary N) is 2. The molecule has 3 aromatic carbocycles. The molecule has 1 heterocycles. The number of hydrazine groups is 1. The van der Waals surface area contributed by atoms with E-state index < -0.39 is 5.92 Å². The second kappa shape index (κ2) is 10.3. The van der Waals surface area contributed by atoms with Crippen molar-refractivity contribution in [1.29, 1.82) is 0 Å². The molecule has 33 heavy (non-hydrogen) atoms. The Bertz CT molecular complexity index is 1170. The van der Waals surface area contributed by atoms with Crippen molar-refractivity contribution in [3.63, 3.8) is 0 Å². The summed E-state index contributed by atoms with van der Waals surface area (Å²) in [6.07, 6.45) is 0.131. The first kappa shape index (κ1) is 23.2. The van der Waals surface area contributed by atoms with Crippen LogP contribution in [-0.4, -0.2) is 18.4 Å². The smallest absolute Gasteiger partial charge is 0.243 e. The highest BCUT2D eigenvalue weighted by molar-refractivity contribution is 6.42. The number of hydrogen-bond acceptors (Lipinski definition) is 4. The van der Waals surface area contributed by atoms with Crippen LogP contribution < -0.4 is 20.5 Å². The molecule has 9 heteroatoms. The number of hydrogen-bond donors (Lipinski definition) is 2. The molecule has 2 N–H and O–H groups in total. The number of para-hydroxylation sites is 2. The van der Waals surface area contributed by atoms with Crippen molar-refractivity contribution in [2.24, 2.45) is 5.92 Å². The van der Waals surface area contributed by atoms with Crippen LogP contribution in [0.15, 0.2) is 66.7 Å². The van der Waals surface area contributed by atoms with E-state index in [0.717, 1.165) is 5.56 Å². The van der Waals surface area contributed by atoms with Crippen molar-refractivity contribution in [2.45, 2.75) is 13.0 Å². The average molecular weight is 505 g/mol. The molecule has 0 saturated carbocycles. The molecule has 0 bridgehead atoms. The fourth-order valence-electron chi connectivity index (χ4n) is 3.47. The zero-order valence-corrected chi connectivity index (χ0v) is 19.6. The Hall–Kier alpha value is -2.93. The number of halogens is 3. The first-order valence-electron chi connectivity index (χ1n) is 10.2. The summed E-state index contributed by atoms with van der Waals surface area (Å²) in [6, 6.07) is 19.5. The van der Waals surface area contributed by atoms with Gasteiger partial charge in [0.05, 0.1) is 21.7 Å². The summed E-state index contributed by atoms with van der Waals surface area (Å²) < 4.78 is 5.89. The van der Waals surface area contributed by atoms with E-state index in [1.54, 1.807) is 53.4 Å². The van der Waals surface area contributed by atoms with Crippen molar-refractivity contribution < 1.29 is 14.3 Å². The molecule has 0 aliphatic carbocycles. The first-order chi connectivity index (χ1) is 15.9. The maximum Gasteiger partial charge on any atom is 0.243 e. The van der Waals surface area contributed by atoms with Crippen LogP contribution in [0.1, 0.15) is 12.0 Å². The van der Waals surface area contributed by atoms with Gasteiger partial charge in [0, 0.05) is 23.7 Å². The van der Waals surface area contributed by atoms with Gasteiger partial charge in [-0.05, 0) is 54.1 Å². The molecule has 2 amide bonds. The van der Waals surface area contributed by atoms with Gasteiger partial charge < -0.3 is 9.64 Å². The molecule has 1 aliphatic heterocycles. The predicted molar refractivity (Wildman–Crippen MR) is 131 cm³/mol. The number of rotatable bonds is 7. The van der Waals surface area contributed by atoms with Crippen molar-refractivity contribution in [3.05, 3.63) is 87.4 Å². The largest absolute Gasteiger partial charge is 0.487 e. The van der Waals surface area contributed by atoms with E-state index in [1.165, 1.54) is 0 Å². The standard InChI is InChI=1S/C24H20Cl3N3O3/c25-17-6-8-18(9-7-17)30-13-16(12-23(30)31)24(32)29-28-21-3-1-2-4-22(21)33-14-15-5-10-19(26)20(27)11-15/h1-11,16,28H,12-14H2,(H,29,32)/t16-/m1/s1. The van der Waals surface area contributed by atoms with Crippen LogP contribution in [0.4, 0.5) is 11.4 Å². The molecule has 6 nitrogen and oxygen atoms in total. The molecule has 1 atom stereocenters. The van der Waals surface area contributed by atoms with Gasteiger partial charge in [0.25, 0.3) is 0 Å². The molecule has 0 spiro atoms. The van der Waals surface area contributed by atoms with Gasteiger partial charge in [-0.15, -0.1) is 0 Å². The van der Waals surface area contributed by atoms with E-state index in [2.05, 4.69) is 10.9 Å². The average Bonchev–Trinajstić information content (AvgIpc) is 3.21. The molecule has 1 aliphatic rings. The third kappa shape index (κ3) is 5.71. The van der Waals surface area contributed by atoms with Crippen molar-refractivity contribution in [2.75, 3.05) is 16.9 Å². The minimum Gasteiger partial charge on any atom is -0.487 e. The van der Waals surface area contributed by atoms with E-state index in [4.69, 9.17) is 39.5 Å². The Morgan fingerprint density at radius 1 is 1.00 bits per heavy atom. The van der Waals surface area contributed by atoms with Gasteiger partial charge in [-0.25, -0.2) is 0 Å². The summed E-state index contributed by atoms with van der Waals surface area (Å²) in [7, 11) is 0. The SMILES string of the molecule is O=C(NNc1ccccc1OCc1ccc(Cl)c(Cl)c1)[C@@H]1CC(=O)N(c2ccc(Cl)cc2)C1. The Balaban J connectivity index is 1.35. The number of carbonyl (C=O) groups is 2. The lowest BCUT2D eigenvalue weighted by molar-refractivity contribution is -0.125. The Morgan fingerprint density at radius 2 is 1.76 bits per heavy atom. The highest BCUT2D eigenvalue weighted by Crippen LogP contribution is 2.28. The fraction of sp³-hybridized carbons (Fsp3) is 0.167. The van der Waals surface area contributed by atoms with Crippen molar-refractivity contribution in [3.8, 4) is 5.75 Å². The topological polar surface area (TPSA) is 70.7 Å². The van der Waals surface area contributed by atoms with Gasteiger partial charge in [-0.2, -0.15) is 0 Å². The van der Waals surface area contributed by atoms with Gasteiger partial charge >= 0.3 is 0 Å². The number of carbonyl (C=O) groups excluding carboxylic acids is 2. The van der Waals surface area contributed by atoms with Crippen LogP contribution in [0.2, 0.25) is 15.1 Å². The number of amides is 2. The van der Waals surface area contributed by atoms with Crippen LogP contribution in [0.3, 0.4) is 0 Å². The Labute approximate surface area is 206 Å². The molecule has 170 valence electrons. The lowest BCUT2D eigenvalue weighted by atomic mass is 10.1.